The number of imidazole rings is 1. The van der Waals surface area contributed by atoms with Crippen molar-refractivity contribution in [2.75, 3.05) is 25.4 Å². The minimum atomic E-state index is -1.05. The van der Waals surface area contributed by atoms with Crippen LogP contribution in [0, 0.1) is 0 Å². The number of nitrogen functional groups attached to an aromatic ring is 1. The van der Waals surface area contributed by atoms with Crippen LogP contribution in [0.2, 0.25) is 0 Å². The van der Waals surface area contributed by atoms with E-state index in [2.05, 4.69) is 9.97 Å². The topological polar surface area (TPSA) is 161 Å². The highest BCUT2D eigenvalue weighted by Crippen LogP contribution is 2.33. The number of anilines is 1. The van der Waals surface area contributed by atoms with Gasteiger partial charge in [0.25, 0.3) is 0 Å². The molecule has 0 saturated carbocycles. The van der Waals surface area contributed by atoms with E-state index in [9.17, 15) is 19.2 Å². The van der Waals surface area contributed by atoms with Gasteiger partial charge in [-0.05, 0) is 12.8 Å². The monoisotopic (exact) mass is 462 g/mol. The van der Waals surface area contributed by atoms with E-state index in [1.54, 1.807) is 4.90 Å². The van der Waals surface area contributed by atoms with Gasteiger partial charge in [0.2, 0.25) is 11.9 Å². The number of amides is 1. The highest BCUT2D eigenvalue weighted by molar-refractivity contribution is 5.79. The summed E-state index contributed by atoms with van der Waals surface area (Å²) in [4.78, 5) is 59.0. The van der Waals surface area contributed by atoms with Crippen molar-refractivity contribution in [3.8, 4) is 0 Å². The molecule has 0 radical (unpaired) electrons. The van der Waals surface area contributed by atoms with E-state index in [0.717, 1.165) is 12.8 Å². The molecule has 0 spiro atoms. The Morgan fingerprint density at radius 3 is 2.61 bits per heavy atom. The zero-order valence-electron chi connectivity index (χ0n) is 18.4. The molecule has 178 valence electrons. The Labute approximate surface area is 188 Å². The molecule has 0 aliphatic carbocycles. The number of nitrogens with zero attached hydrogens (tertiary/aromatic N) is 5. The lowest BCUT2D eigenvalue weighted by molar-refractivity contribution is -0.153. The quantitative estimate of drug-likeness (QED) is 0.558. The van der Waals surface area contributed by atoms with E-state index >= 15 is 0 Å². The molecule has 2 fully saturated rings. The van der Waals surface area contributed by atoms with Crippen LogP contribution in [0.1, 0.15) is 39.3 Å². The molecule has 1 amide bonds. The summed E-state index contributed by atoms with van der Waals surface area (Å²) >= 11 is 0. The average molecular weight is 462 g/mol. The second-order valence-electron chi connectivity index (χ2n) is 8.10. The molecule has 4 rings (SSSR count). The Kier molecular flexibility index (Phi) is 6.31. The Morgan fingerprint density at radius 1 is 1.21 bits per heavy atom. The maximum Gasteiger partial charge on any atom is 0.333 e. The van der Waals surface area contributed by atoms with Crippen molar-refractivity contribution >= 4 is 35.0 Å². The van der Waals surface area contributed by atoms with E-state index in [0.29, 0.717) is 18.6 Å². The number of fused-ring (bicyclic) bond motifs is 1. The molecular formula is C20H26N6O7. The van der Waals surface area contributed by atoms with Crippen molar-refractivity contribution in [3.63, 3.8) is 0 Å². The summed E-state index contributed by atoms with van der Waals surface area (Å²) in [6, 6.07) is 0. The third-order valence-corrected chi connectivity index (χ3v) is 5.67. The fourth-order valence-corrected chi connectivity index (χ4v) is 4.24. The van der Waals surface area contributed by atoms with Crippen molar-refractivity contribution in [1.29, 1.82) is 0 Å². The second kappa shape index (κ2) is 9.17. The minimum absolute atomic E-state index is 0.0679. The van der Waals surface area contributed by atoms with Crippen molar-refractivity contribution in [2.24, 2.45) is 0 Å². The molecular weight excluding hydrogens is 436 g/mol. The standard InChI is InChI=1S/C20H26N6O7/c1-11(27)31-10-13-7-15(32-12(2)28)18(33-13)26-17-14(8-22-19(21)23-17)25(20(26)30)9-16(29)24-5-3-4-6-24/h8,13,15,18H,3-7,9-10H2,1-2H3,(H2,21,22,23)/t13-,15+,18+/m0/s1. The Morgan fingerprint density at radius 2 is 1.94 bits per heavy atom. The highest BCUT2D eigenvalue weighted by Gasteiger charge is 2.42. The molecule has 2 aliphatic rings. The molecule has 0 unspecified atom stereocenters. The fourth-order valence-electron chi connectivity index (χ4n) is 4.24. The van der Waals surface area contributed by atoms with Crippen LogP contribution >= 0.6 is 0 Å². The summed E-state index contributed by atoms with van der Waals surface area (Å²) in [5, 5.41) is 0. The number of ether oxygens (including phenoxy) is 3. The van der Waals surface area contributed by atoms with Gasteiger partial charge in [-0.1, -0.05) is 0 Å². The number of carbonyl (C=O) groups excluding carboxylic acids is 3. The van der Waals surface area contributed by atoms with Crippen LogP contribution in [0.15, 0.2) is 11.0 Å². The molecule has 2 N–H and O–H groups in total. The lowest BCUT2D eigenvalue weighted by atomic mass is 10.2. The summed E-state index contributed by atoms with van der Waals surface area (Å²) in [7, 11) is 0. The molecule has 33 heavy (non-hydrogen) atoms. The Hall–Kier alpha value is -3.48. The summed E-state index contributed by atoms with van der Waals surface area (Å²) in [6.07, 6.45) is 0.909. The van der Waals surface area contributed by atoms with Crippen LogP contribution in [-0.4, -0.2) is 73.8 Å². The van der Waals surface area contributed by atoms with E-state index in [4.69, 9.17) is 19.9 Å². The Balaban J connectivity index is 1.73. The van der Waals surface area contributed by atoms with Gasteiger partial charge < -0.3 is 24.8 Å². The van der Waals surface area contributed by atoms with Crippen LogP contribution in [0.4, 0.5) is 5.95 Å². The van der Waals surface area contributed by atoms with E-state index in [1.165, 1.54) is 29.2 Å². The van der Waals surface area contributed by atoms with Crippen molar-refractivity contribution in [2.45, 2.75) is 58.1 Å². The largest absolute Gasteiger partial charge is 0.463 e. The first-order chi connectivity index (χ1) is 15.7. The highest BCUT2D eigenvalue weighted by atomic mass is 16.6. The van der Waals surface area contributed by atoms with E-state index in [1.807, 2.05) is 0 Å². The number of hydrogen-bond acceptors (Lipinski definition) is 10. The smallest absolute Gasteiger partial charge is 0.333 e. The third-order valence-electron chi connectivity index (χ3n) is 5.67. The number of esters is 2. The van der Waals surface area contributed by atoms with Crippen molar-refractivity contribution in [3.05, 3.63) is 16.7 Å². The number of likely N-dealkylation sites (tertiary alicyclic amines) is 1. The van der Waals surface area contributed by atoms with Crippen LogP contribution in [-0.2, 0) is 35.1 Å². The van der Waals surface area contributed by atoms with Gasteiger partial charge in [-0.3, -0.25) is 19.0 Å². The van der Waals surface area contributed by atoms with E-state index < -0.39 is 36.1 Å². The lowest BCUT2D eigenvalue weighted by Gasteiger charge is -2.19. The van der Waals surface area contributed by atoms with Gasteiger partial charge in [-0.2, -0.15) is 4.98 Å². The predicted octanol–water partition coefficient (Wildman–Crippen LogP) is -0.420. The number of carbonyl (C=O) groups is 3. The summed E-state index contributed by atoms with van der Waals surface area (Å²) in [5.41, 5.74) is 5.64. The molecule has 0 aromatic carbocycles. The summed E-state index contributed by atoms with van der Waals surface area (Å²) in [5.74, 6) is -1.31. The van der Waals surface area contributed by atoms with Gasteiger partial charge in [0.15, 0.2) is 11.9 Å². The molecule has 2 aromatic heterocycles. The number of rotatable bonds is 6. The number of hydrogen-bond donors (Lipinski definition) is 1. The summed E-state index contributed by atoms with van der Waals surface area (Å²) in [6.45, 7) is 3.54. The Bertz CT molecular complexity index is 1140. The minimum Gasteiger partial charge on any atom is -0.463 e. The van der Waals surface area contributed by atoms with Crippen LogP contribution < -0.4 is 11.4 Å². The molecule has 2 aliphatic heterocycles. The first kappa shape index (κ1) is 22.7. The van der Waals surface area contributed by atoms with Gasteiger partial charge in [0.05, 0.1) is 12.3 Å². The number of nitrogens with two attached hydrogens (primary N) is 1. The SMILES string of the molecule is CC(=O)OC[C@@H]1C[C@@H](OC(C)=O)[C@H](n2c(=O)n(CC(=O)N3CCCC3)c3cnc(N)nc32)O1. The zero-order valence-corrected chi connectivity index (χ0v) is 18.4. The first-order valence-electron chi connectivity index (χ1n) is 10.7. The normalized spacial score (nSPS) is 22.6. The van der Waals surface area contributed by atoms with Gasteiger partial charge in [-0.25, -0.2) is 14.3 Å². The lowest BCUT2D eigenvalue weighted by Crippen LogP contribution is -2.37. The molecule has 0 bridgehead atoms. The van der Waals surface area contributed by atoms with Crippen molar-refractivity contribution in [1.82, 2.24) is 24.0 Å². The number of aromatic nitrogens is 4. The molecule has 3 atom stereocenters. The fraction of sp³-hybridized carbons (Fsp3) is 0.600. The third kappa shape index (κ3) is 4.67. The van der Waals surface area contributed by atoms with Crippen molar-refractivity contribution < 1.29 is 28.6 Å². The van der Waals surface area contributed by atoms with Gasteiger partial charge in [0, 0.05) is 33.4 Å². The van der Waals surface area contributed by atoms with Crippen LogP contribution in [0.3, 0.4) is 0 Å². The van der Waals surface area contributed by atoms with Gasteiger partial charge in [-0.15, -0.1) is 0 Å². The van der Waals surface area contributed by atoms with Crippen LogP contribution in [0.5, 0.6) is 0 Å². The van der Waals surface area contributed by atoms with Gasteiger partial charge >= 0.3 is 17.6 Å². The molecule has 2 saturated heterocycles. The zero-order chi connectivity index (χ0) is 23.7. The second-order valence-corrected chi connectivity index (χ2v) is 8.10. The van der Waals surface area contributed by atoms with E-state index in [-0.39, 0.29) is 37.1 Å². The predicted molar refractivity (Wildman–Crippen MR) is 113 cm³/mol. The van der Waals surface area contributed by atoms with Gasteiger partial charge in [0.1, 0.15) is 24.8 Å². The molecule has 13 heteroatoms. The van der Waals surface area contributed by atoms with Crippen LogP contribution in [0.25, 0.3) is 11.2 Å². The molecule has 4 heterocycles. The molecule has 2 aromatic rings. The maximum atomic E-state index is 13.5. The first-order valence-corrected chi connectivity index (χ1v) is 10.7. The molecule has 13 nitrogen and oxygen atoms in total. The maximum absolute atomic E-state index is 13.5. The summed E-state index contributed by atoms with van der Waals surface area (Å²) < 4.78 is 18.9. The average Bonchev–Trinajstić information content (AvgIpc) is 3.46.